The predicted molar refractivity (Wildman–Crippen MR) is 70.7 cm³/mol. The zero-order valence-corrected chi connectivity index (χ0v) is 12.5. The van der Waals surface area contributed by atoms with E-state index >= 15 is 0 Å². The minimum Gasteiger partial charge on any atom is -0.462 e. The molecule has 1 aliphatic rings. The van der Waals surface area contributed by atoms with Crippen LogP contribution in [0.2, 0.25) is 0 Å². The van der Waals surface area contributed by atoms with Crippen LogP contribution in [0, 0.1) is 5.92 Å². The number of carbonyl (C=O) groups excluding carboxylic acids is 2. The largest absolute Gasteiger partial charge is 0.462 e. The van der Waals surface area contributed by atoms with Gasteiger partial charge in [0.2, 0.25) is 0 Å². The van der Waals surface area contributed by atoms with E-state index in [1.165, 1.54) is 5.06 Å². The fourth-order valence-corrected chi connectivity index (χ4v) is 2.81. The third-order valence-corrected chi connectivity index (χ3v) is 3.62. The summed E-state index contributed by atoms with van der Waals surface area (Å²) in [5, 5.41) is 11.5. The van der Waals surface area contributed by atoms with E-state index in [1.54, 1.807) is 6.92 Å². The highest BCUT2D eigenvalue weighted by Gasteiger charge is 2.46. The summed E-state index contributed by atoms with van der Waals surface area (Å²) >= 11 is 0. The van der Waals surface area contributed by atoms with Crippen molar-refractivity contribution in [1.82, 2.24) is 5.06 Å². The molecular formula is C14H25NO4. The average Bonchev–Trinajstić information content (AvgIpc) is 2.24. The number of hydrogen-bond donors (Lipinski definition) is 1. The van der Waals surface area contributed by atoms with Crippen molar-refractivity contribution in [2.24, 2.45) is 5.92 Å². The number of hydrogen-bond acceptors (Lipinski definition) is 5. The molecule has 1 rings (SSSR count). The maximum atomic E-state index is 11.7. The highest BCUT2D eigenvalue weighted by atomic mass is 16.5. The summed E-state index contributed by atoms with van der Waals surface area (Å²) in [6.07, 6.45) is 1.80. The molecule has 1 fully saturated rings. The van der Waals surface area contributed by atoms with E-state index in [9.17, 15) is 14.8 Å². The molecule has 0 aliphatic carbocycles. The molecule has 0 aromatic rings. The molecule has 1 unspecified atom stereocenters. The second-order valence-corrected chi connectivity index (χ2v) is 6.77. The fourth-order valence-electron chi connectivity index (χ4n) is 2.81. The Morgan fingerprint density at radius 2 is 1.84 bits per heavy atom. The van der Waals surface area contributed by atoms with Crippen LogP contribution in [0.5, 0.6) is 0 Å². The van der Waals surface area contributed by atoms with Crippen LogP contribution in [0.1, 0.15) is 53.9 Å². The molecule has 1 saturated heterocycles. The summed E-state index contributed by atoms with van der Waals surface area (Å²) in [6.45, 7) is 9.37. The molecule has 0 bridgehead atoms. The Bertz CT molecular complexity index is 333. The van der Waals surface area contributed by atoms with Gasteiger partial charge in [0.05, 0.1) is 6.42 Å². The summed E-state index contributed by atoms with van der Waals surface area (Å²) < 4.78 is 5.45. The molecule has 5 nitrogen and oxygen atoms in total. The number of aldehydes is 1. The van der Waals surface area contributed by atoms with Gasteiger partial charge in [-0.15, -0.1) is 0 Å². The molecule has 110 valence electrons. The van der Waals surface area contributed by atoms with Crippen LogP contribution in [0.15, 0.2) is 0 Å². The second kappa shape index (κ2) is 5.59. The van der Waals surface area contributed by atoms with Crippen molar-refractivity contribution in [1.29, 1.82) is 0 Å². The van der Waals surface area contributed by atoms with Crippen molar-refractivity contribution in [3.63, 3.8) is 0 Å². The number of esters is 1. The zero-order chi connectivity index (χ0) is 14.8. The molecule has 0 saturated carbocycles. The van der Waals surface area contributed by atoms with Gasteiger partial charge in [0, 0.05) is 29.8 Å². The summed E-state index contributed by atoms with van der Waals surface area (Å²) in [6, 6.07) is 0. The fraction of sp³-hybridized carbons (Fsp3) is 0.857. The Kier molecular flexibility index (Phi) is 4.74. The van der Waals surface area contributed by atoms with E-state index in [0.29, 0.717) is 12.8 Å². The van der Waals surface area contributed by atoms with E-state index in [-0.39, 0.29) is 24.4 Å². The zero-order valence-electron chi connectivity index (χ0n) is 12.5. The molecule has 1 atom stereocenters. The first-order valence-electron chi connectivity index (χ1n) is 6.72. The van der Waals surface area contributed by atoms with Gasteiger partial charge in [0.15, 0.2) is 0 Å². The van der Waals surface area contributed by atoms with Crippen molar-refractivity contribution < 1.29 is 19.5 Å². The van der Waals surface area contributed by atoms with E-state index in [4.69, 9.17) is 4.74 Å². The summed E-state index contributed by atoms with van der Waals surface area (Å²) in [5.41, 5.74) is -0.883. The van der Waals surface area contributed by atoms with Crippen LogP contribution in [0.3, 0.4) is 0 Å². The Morgan fingerprint density at radius 3 is 2.26 bits per heavy atom. The van der Waals surface area contributed by atoms with Gasteiger partial charge < -0.3 is 14.7 Å². The summed E-state index contributed by atoms with van der Waals surface area (Å²) in [5.74, 6) is -0.658. The molecule has 1 N–H and O–H groups in total. The van der Waals surface area contributed by atoms with Crippen LogP contribution in [0.25, 0.3) is 0 Å². The molecule has 0 spiro atoms. The maximum absolute atomic E-state index is 11.7. The minimum absolute atomic E-state index is 0.115. The third-order valence-electron chi connectivity index (χ3n) is 3.62. The number of piperidine rings is 1. The van der Waals surface area contributed by atoms with E-state index in [2.05, 4.69) is 0 Å². The third kappa shape index (κ3) is 4.01. The Hall–Kier alpha value is -0.940. The molecule has 0 radical (unpaired) electrons. The van der Waals surface area contributed by atoms with Crippen molar-refractivity contribution >= 4 is 12.3 Å². The maximum Gasteiger partial charge on any atom is 0.306 e. The highest BCUT2D eigenvalue weighted by molar-refractivity contribution is 5.73. The van der Waals surface area contributed by atoms with Crippen LogP contribution >= 0.6 is 0 Å². The Morgan fingerprint density at radius 1 is 1.37 bits per heavy atom. The average molecular weight is 271 g/mol. The number of ether oxygens (including phenoxy) is 1. The van der Waals surface area contributed by atoms with Gasteiger partial charge in [-0.1, -0.05) is 6.92 Å². The lowest BCUT2D eigenvalue weighted by Crippen LogP contribution is -2.60. The predicted octanol–water partition coefficient (Wildman–Crippen LogP) is 2.17. The summed E-state index contributed by atoms with van der Waals surface area (Å²) in [4.78, 5) is 22.3. The normalized spacial score (nSPS) is 24.7. The molecule has 1 aliphatic heterocycles. The lowest BCUT2D eigenvalue weighted by molar-refractivity contribution is -0.259. The van der Waals surface area contributed by atoms with Gasteiger partial charge in [-0.3, -0.25) is 4.79 Å². The molecule has 0 aromatic carbocycles. The number of rotatable bonds is 4. The van der Waals surface area contributed by atoms with Gasteiger partial charge in [-0.05, 0) is 27.7 Å². The molecule has 0 aromatic heterocycles. The standard InChI is InChI=1S/C14H25NO4/c1-10(9-16)6-12(17)19-11-7-13(2,3)15(18)14(4,5)8-11/h9-11,18H,6-8H2,1-5H3. The van der Waals surface area contributed by atoms with Crippen molar-refractivity contribution in [2.75, 3.05) is 0 Å². The van der Waals surface area contributed by atoms with E-state index in [1.807, 2.05) is 27.7 Å². The highest BCUT2D eigenvalue weighted by Crippen LogP contribution is 2.38. The Balaban J connectivity index is 2.65. The molecule has 19 heavy (non-hydrogen) atoms. The summed E-state index contributed by atoms with van der Waals surface area (Å²) in [7, 11) is 0. The quantitative estimate of drug-likeness (QED) is 0.627. The van der Waals surface area contributed by atoms with Gasteiger partial charge in [-0.2, -0.15) is 5.06 Å². The SMILES string of the molecule is CC(C=O)CC(=O)OC1CC(C)(C)N(O)C(C)(C)C1. The lowest BCUT2D eigenvalue weighted by atomic mass is 9.80. The Labute approximate surface area is 114 Å². The lowest BCUT2D eigenvalue weighted by Gasteiger charge is -2.50. The van der Waals surface area contributed by atoms with Gasteiger partial charge in [0.25, 0.3) is 0 Å². The minimum atomic E-state index is -0.441. The van der Waals surface area contributed by atoms with Crippen molar-refractivity contribution in [3.8, 4) is 0 Å². The first-order chi connectivity index (χ1) is 8.58. The molecule has 1 heterocycles. The van der Waals surface area contributed by atoms with Crippen LogP contribution < -0.4 is 0 Å². The molecule has 0 amide bonds. The number of carbonyl (C=O) groups is 2. The van der Waals surface area contributed by atoms with Gasteiger partial charge in [-0.25, -0.2) is 0 Å². The first-order valence-corrected chi connectivity index (χ1v) is 6.72. The van der Waals surface area contributed by atoms with E-state index in [0.717, 1.165) is 6.29 Å². The monoisotopic (exact) mass is 271 g/mol. The second-order valence-electron chi connectivity index (χ2n) is 6.77. The smallest absolute Gasteiger partial charge is 0.306 e. The topological polar surface area (TPSA) is 66.8 Å². The van der Waals surface area contributed by atoms with Gasteiger partial charge >= 0.3 is 5.97 Å². The van der Waals surface area contributed by atoms with Crippen molar-refractivity contribution in [3.05, 3.63) is 0 Å². The first kappa shape index (κ1) is 16.1. The van der Waals surface area contributed by atoms with E-state index < -0.39 is 11.1 Å². The molecular weight excluding hydrogens is 246 g/mol. The van der Waals surface area contributed by atoms with Crippen LogP contribution in [0.4, 0.5) is 0 Å². The van der Waals surface area contributed by atoms with Gasteiger partial charge in [0.1, 0.15) is 12.4 Å². The van der Waals surface area contributed by atoms with Crippen LogP contribution in [-0.4, -0.2) is 39.7 Å². The molecule has 5 heteroatoms. The van der Waals surface area contributed by atoms with Crippen molar-refractivity contribution in [2.45, 2.75) is 71.1 Å². The van der Waals surface area contributed by atoms with Crippen LogP contribution in [-0.2, 0) is 14.3 Å². The number of hydroxylamine groups is 2. The number of nitrogens with zero attached hydrogens (tertiary/aromatic N) is 1.